The molecule has 16 heavy (non-hydrogen) atoms. The summed E-state index contributed by atoms with van der Waals surface area (Å²) in [5.74, 6) is 1.37. The van der Waals surface area contributed by atoms with E-state index in [0.29, 0.717) is 5.92 Å². The Labute approximate surface area is 94.6 Å². The van der Waals surface area contributed by atoms with E-state index in [1.165, 1.54) is 0 Å². The molecule has 3 saturated carbocycles. The van der Waals surface area contributed by atoms with Gasteiger partial charge in [0.15, 0.2) is 0 Å². The van der Waals surface area contributed by atoms with Gasteiger partial charge < -0.3 is 5.73 Å². The second-order valence-electron chi connectivity index (χ2n) is 6.08. The molecule has 3 fully saturated rings. The highest BCUT2D eigenvalue weighted by Gasteiger charge is 2.55. The van der Waals surface area contributed by atoms with Crippen LogP contribution in [0.1, 0.15) is 39.5 Å². The van der Waals surface area contributed by atoms with E-state index in [0.717, 1.165) is 25.2 Å². The lowest BCUT2D eigenvalue weighted by molar-refractivity contribution is -0.164. The van der Waals surface area contributed by atoms with Crippen LogP contribution in [-0.2, 0) is 0 Å². The second-order valence-corrected chi connectivity index (χ2v) is 6.08. The molecule has 0 saturated heterocycles. The van der Waals surface area contributed by atoms with Crippen LogP contribution >= 0.6 is 0 Å². The topological polar surface area (TPSA) is 26.0 Å². The van der Waals surface area contributed by atoms with Crippen LogP contribution in [0.5, 0.6) is 0 Å². The van der Waals surface area contributed by atoms with Crippen molar-refractivity contribution >= 4 is 0 Å². The predicted molar refractivity (Wildman–Crippen MR) is 56.7 cm³/mol. The van der Waals surface area contributed by atoms with E-state index < -0.39 is 12.2 Å². The van der Waals surface area contributed by atoms with Crippen LogP contribution in [0.25, 0.3) is 0 Å². The molecule has 0 heterocycles. The van der Waals surface area contributed by atoms with E-state index in [1.807, 2.05) is 0 Å². The zero-order valence-electron chi connectivity index (χ0n) is 9.85. The quantitative estimate of drug-likeness (QED) is 0.780. The van der Waals surface area contributed by atoms with E-state index in [-0.39, 0.29) is 17.8 Å². The third-order valence-electron chi connectivity index (χ3n) is 4.98. The fourth-order valence-corrected chi connectivity index (χ4v) is 3.70. The van der Waals surface area contributed by atoms with Crippen molar-refractivity contribution in [3.8, 4) is 0 Å². The van der Waals surface area contributed by atoms with Gasteiger partial charge in [-0.1, -0.05) is 13.8 Å². The molecule has 4 heteroatoms. The van der Waals surface area contributed by atoms with Crippen molar-refractivity contribution in [3.05, 3.63) is 0 Å². The SMILES string of the molecule is CC1(C)C2CCC(CC(N)C(F)(F)F)C1C2. The van der Waals surface area contributed by atoms with Gasteiger partial charge in [0.05, 0.1) is 0 Å². The first-order valence-electron chi connectivity index (χ1n) is 6.05. The molecule has 0 aromatic heterocycles. The standard InChI is InChI=1S/C12H20F3N/c1-11(2)8-4-3-7(9(11)6-8)5-10(16)12(13,14)15/h7-10H,3-6,16H2,1-2H3. The maximum absolute atomic E-state index is 12.4. The second kappa shape index (κ2) is 3.62. The molecular weight excluding hydrogens is 215 g/mol. The zero-order valence-corrected chi connectivity index (χ0v) is 9.85. The van der Waals surface area contributed by atoms with E-state index in [9.17, 15) is 13.2 Å². The summed E-state index contributed by atoms with van der Waals surface area (Å²) in [5.41, 5.74) is 5.47. The molecule has 0 aromatic carbocycles. The highest BCUT2D eigenvalue weighted by atomic mass is 19.4. The molecule has 3 aliphatic carbocycles. The predicted octanol–water partition coefficient (Wildman–Crippen LogP) is 3.34. The van der Waals surface area contributed by atoms with Crippen LogP contribution in [-0.4, -0.2) is 12.2 Å². The molecule has 1 nitrogen and oxygen atoms in total. The molecule has 2 N–H and O–H groups in total. The molecule has 4 unspecified atom stereocenters. The highest BCUT2D eigenvalue weighted by molar-refractivity contribution is 5.03. The average molecular weight is 235 g/mol. The van der Waals surface area contributed by atoms with Crippen molar-refractivity contribution in [3.63, 3.8) is 0 Å². The minimum atomic E-state index is -4.23. The van der Waals surface area contributed by atoms with Crippen LogP contribution in [0, 0.1) is 23.2 Å². The van der Waals surface area contributed by atoms with Crippen molar-refractivity contribution in [1.82, 2.24) is 0 Å². The number of rotatable bonds is 2. The van der Waals surface area contributed by atoms with Gasteiger partial charge in [0.25, 0.3) is 0 Å². The van der Waals surface area contributed by atoms with Gasteiger partial charge in [0.1, 0.15) is 6.04 Å². The van der Waals surface area contributed by atoms with Gasteiger partial charge in [-0.05, 0) is 48.9 Å². The molecule has 2 bridgehead atoms. The summed E-state index contributed by atoms with van der Waals surface area (Å²) in [7, 11) is 0. The van der Waals surface area contributed by atoms with Gasteiger partial charge >= 0.3 is 6.18 Å². The fourth-order valence-electron chi connectivity index (χ4n) is 3.70. The molecule has 4 atom stereocenters. The third-order valence-corrected chi connectivity index (χ3v) is 4.98. The Morgan fingerprint density at radius 2 is 1.94 bits per heavy atom. The van der Waals surface area contributed by atoms with Crippen LogP contribution in [0.4, 0.5) is 13.2 Å². The summed E-state index contributed by atoms with van der Waals surface area (Å²) in [5, 5.41) is 0. The highest BCUT2D eigenvalue weighted by Crippen LogP contribution is 2.62. The first-order chi connectivity index (χ1) is 7.23. The van der Waals surface area contributed by atoms with Crippen LogP contribution in [0.2, 0.25) is 0 Å². The Bertz CT molecular complexity index is 270. The van der Waals surface area contributed by atoms with Gasteiger partial charge in [0.2, 0.25) is 0 Å². The third kappa shape index (κ3) is 1.85. The van der Waals surface area contributed by atoms with Gasteiger partial charge in [-0.2, -0.15) is 13.2 Å². The summed E-state index contributed by atoms with van der Waals surface area (Å²) in [6, 6.07) is -1.63. The van der Waals surface area contributed by atoms with E-state index in [1.54, 1.807) is 0 Å². The summed E-state index contributed by atoms with van der Waals surface area (Å²) in [6.45, 7) is 4.38. The molecule has 0 spiro atoms. The summed E-state index contributed by atoms with van der Waals surface area (Å²) < 4.78 is 37.2. The van der Waals surface area contributed by atoms with Gasteiger partial charge in [-0.15, -0.1) is 0 Å². The summed E-state index contributed by atoms with van der Waals surface area (Å²) >= 11 is 0. The Kier molecular flexibility index (Phi) is 2.76. The lowest BCUT2D eigenvalue weighted by Crippen LogP contribution is -2.54. The van der Waals surface area contributed by atoms with Crippen molar-refractivity contribution < 1.29 is 13.2 Å². The largest absolute Gasteiger partial charge is 0.403 e. The smallest absolute Gasteiger partial charge is 0.320 e. The average Bonchev–Trinajstić information content (AvgIpc) is 2.16. The number of nitrogens with two attached hydrogens (primary N) is 1. The first-order valence-corrected chi connectivity index (χ1v) is 6.05. The minimum Gasteiger partial charge on any atom is -0.320 e. The van der Waals surface area contributed by atoms with Crippen LogP contribution in [0.15, 0.2) is 0 Å². The van der Waals surface area contributed by atoms with Gasteiger partial charge in [-0.3, -0.25) is 0 Å². The zero-order chi connectivity index (χ0) is 12.1. The van der Waals surface area contributed by atoms with Crippen LogP contribution in [0.3, 0.4) is 0 Å². The Morgan fingerprint density at radius 3 is 2.38 bits per heavy atom. The fraction of sp³-hybridized carbons (Fsp3) is 1.00. The molecule has 0 amide bonds. The van der Waals surface area contributed by atoms with Crippen molar-refractivity contribution in [2.45, 2.75) is 51.7 Å². The monoisotopic (exact) mass is 235 g/mol. The van der Waals surface area contributed by atoms with Gasteiger partial charge in [0, 0.05) is 0 Å². The maximum atomic E-state index is 12.4. The number of hydrogen-bond acceptors (Lipinski definition) is 1. The van der Waals surface area contributed by atoms with E-state index >= 15 is 0 Å². The summed E-state index contributed by atoms with van der Waals surface area (Å²) in [6.07, 6.45) is -0.988. The number of halogens is 3. The minimum absolute atomic E-state index is 0.115. The molecule has 94 valence electrons. The molecule has 0 aromatic rings. The molecule has 3 aliphatic rings. The Hall–Kier alpha value is -0.250. The lowest BCUT2D eigenvalue weighted by Gasteiger charge is -2.60. The van der Waals surface area contributed by atoms with E-state index in [4.69, 9.17) is 5.73 Å². The maximum Gasteiger partial charge on any atom is 0.403 e. The Balaban J connectivity index is 1.96. The van der Waals surface area contributed by atoms with E-state index in [2.05, 4.69) is 13.8 Å². The molecular formula is C12H20F3N. The number of fused-ring (bicyclic) bond motifs is 2. The van der Waals surface area contributed by atoms with Crippen molar-refractivity contribution in [1.29, 1.82) is 0 Å². The normalized spacial score (nSPS) is 39.0. The molecule has 0 aliphatic heterocycles. The molecule has 0 radical (unpaired) electrons. The Morgan fingerprint density at radius 1 is 1.31 bits per heavy atom. The van der Waals surface area contributed by atoms with Crippen molar-refractivity contribution in [2.75, 3.05) is 0 Å². The lowest BCUT2D eigenvalue weighted by atomic mass is 9.45. The number of alkyl halides is 3. The van der Waals surface area contributed by atoms with Gasteiger partial charge in [-0.25, -0.2) is 0 Å². The first kappa shape index (κ1) is 12.2. The molecule has 3 rings (SSSR count). The summed E-state index contributed by atoms with van der Waals surface area (Å²) in [4.78, 5) is 0. The number of hydrogen-bond donors (Lipinski definition) is 1. The van der Waals surface area contributed by atoms with Crippen LogP contribution < -0.4 is 5.73 Å². The van der Waals surface area contributed by atoms with Crippen molar-refractivity contribution in [2.24, 2.45) is 28.9 Å².